The van der Waals surface area contributed by atoms with Crippen LogP contribution in [0.5, 0.6) is 0 Å². The Morgan fingerprint density at radius 2 is 1.55 bits per heavy atom. The van der Waals surface area contributed by atoms with Gasteiger partial charge in [-0.15, -0.1) is 0 Å². The van der Waals surface area contributed by atoms with Gasteiger partial charge in [0.2, 0.25) is 0 Å². The molecule has 5 rings (SSSR count). The quantitative estimate of drug-likeness (QED) is 0.636. The Labute approximate surface area is 184 Å². The summed E-state index contributed by atoms with van der Waals surface area (Å²) in [5, 5.41) is 1.04. The zero-order valence-corrected chi connectivity index (χ0v) is 18.0. The minimum Gasteiger partial charge on any atom is -0.356 e. The molecule has 2 saturated heterocycles. The first kappa shape index (κ1) is 20.0. The van der Waals surface area contributed by atoms with E-state index in [0.29, 0.717) is 0 Å². The third-order valence-corrected chi connectivity index (χ3v) is 6.56. The Bertz CT molecular complexity index is 1040. The van der Waals surface area contributed by atoms with Crippen molar-refractivity contribution >= 4 is 22.6 Å². The minimum absolute atomic E-state index is 0.128. The van der Waals surface area contributed by atoms with Gasteiger partial charge < -0.3 is 9.80 Å². The Balaban J connectivity index is 1.29. The van der Waals surface area contributed by atoms with Crippen molar-refractivity contribution in [1.82, 2.24) is 14.8 Å². The van der Waals surface area contributed by atoms with Crippen LogP contribution in [0.15, 0.2) is 60.7 Å². The Kier molecular flexibility index (Phi) is 5.85. The fourth-order valence-corrected chi connectivity index (χ4v) is 4.71. The third kappa shape index (κ3) is 4.42. The summed E-state index contributed by atoms with van der Waals surface area (Å²) in [4.78, 5) is 25.2. The molecule has 0 spiro atoms. The molecule has 31 heavy (non-hydrogen) atoms. The molecule has 0 aliphatic carbocycles. The molecule has 5 nitrogen and oxygen atoms in total. The predicted octanol–water partition coefficient (Wildman–Crippen LogP) is 3.84. The topological polar surface area (TPSA) is 39.7 Å². The molecule has 2 fully saturated rings. The molecule has 2 aliphatic heterocycles. The normalized spacial score (nSPS) is 17.4. The van der Waals surface area contributed by atoms with Crippen LogP contribution in [-0.2, 0) is 6.42 Å². The zero-order valence-electron chi connectivity index (χ0n) is 18.0. The van der Waals surface area contributed by atoms with Gasteiger partial charge in [0, 0.05) is 51.2 Å². The average molecular weight is 415 g/mol. The summed E-state index contributed by atoms with van der Waals surface area (Å²) in [5.74, 6) is 0.996. The lowest BCUT2D eigenvalue weighted by molar-refractivity contribution is 0.0639. The van der Waals surface area contributed by atoms with Gasteiger partial charge in [-0.25, -0.2) is 4.98 Å². The second-order valence-corrected chi connectivity index (χ2v) is 8.62. The standard InChI is InChI=1S/C26H30N4O/c31-26(30-18-16-28(17-19-30)15-12-21-8-2-1-3-9-21)23-20-22-10-4-5-11-24(22)27-25(23)29-13-6-7-14-29/h1-5,8-11,20H,6-7,12-19H2. The minimum atomic E-state index is 0.128. The van der Waals surface area contributed by atoms with Crippen LogP contribution in [0.25, 0.3) is 10.9 Å². The molecular weight excluding hydrogens is 384 g/mol. The monoisotopic (exact) mass is 414 g/mol. The molecule has 3 heterocycles. The van der Waals surface area contributed by atoms with E-state index >= 15 is 0 Å². The van der Waals surface area contributed by atoms with Crippen LogP contribution in [0.4, 0.5) is 5.82 Å². The van der Waals surface area contributed by atoms with Crippen LogP contribution in [0.2, 0.25) is 0 Å². The van der Waals surface area contributed by atoms with Crippen LogP contribution in [-0.4, -0.2) is 66.5 Å². The average Bonchev–Trinajstić information content (AvgIpc) is 3.37. The van der Waals surface area contributed by atoms with Crippen molar-refractivity contribution in [2.75, 3.05) is 50.7 Å². The van der Waals surface area contributed by atoms with Gasteiger partial charge in [-0.05, 0) is 37.0 Å². The fraction of sp³-hybridized carbons (Fsp3) is 0.385. The first-order valence-corrected chi connectivity index (χ1v) is 11.5. The van der Waals surface area contributed by atoms with E-state index in [-0.39, 0.29) is 5.91 Å². The highest BCUT2D eigenvalue weighted by Gasteiger charge is 2.27. The van der Waals surface area contributed by atoms with Gasteiger partial charge in [-0.1, -0.05) is 48.5 Å². The van der Waals surface area contributed by atoms with Crippen LogP contribution in [0, 0.1) is 0 Å². The molecule has 1 aromatic heterocycles. The molecule has 5 heteroatoms. The van der Waals surface area contributed by atoms with Gasteiger partial charge in [-0.3, -0.25) is 9.69 Å². The molecule has 0 atom stereocenters. The number of pyridine rings is 1. The van der Waals surface area contributed by atoms with Crippen molar-refractivity contribution in [3.63, 3.8) is 0 Å². The number of aromatic nitrogens is 1. The van der Waals surface area contributed by atoms with Crippen LogP contribution in [0.1, 0.15) is 28.8 Å². The van der Waals surface area contributed by atoms with Gasteiger partial charge in [-0.2, -0.15) is 0 Å². The number of carbonyl (C=O) groups excluding carboxylic acids is 1. The van der Waals surface area contributed by atoms with E-state index in [9.17, 15) is 4.79 Å². The van der Waals surface area contributed by atoms with Crippen molar-refractivity contribution in [2.24, 2.45) is 0 Å². The number of hydrogen-bond donors (Lipinski definition) is 0. The smallest absolute Gasteiger partial charge is 0.257 e. The highest BCUT2D eigenvalue weighted by molar-refractivity contribution is 6.02. The van der Waals surface area contributed by atoms with Crippen molar-refractivity contribution in [3.8, 4) is 0 Å². The summed E-state index contributed by atoms with van der Waals surface area (Å²) in [7, 11) is 0. The maximum Gasteiger partial charge on any atom is 0.257 e. The summed E-state index contributed by atoms with van der Waals surface area (Å²) in [5.41, 5.74) is 3.10. The van der Waals surface area contributed by atoms with Gasteiger partial charge in [0.1, 0.15) is 5.82 Å². The number of piperazine rings is 1. The number of carbonyl (C=O) groups is 1. The van der Waals surface area contributed by atoms with Gasteiger partial charge >= 0.3 is 0 Å². The zero-order chi connectivity index (χ0) is 21.0. The van der Waals surface area contributed by atoms with E-state index in [1.54, 1.807) is 0 Å². The number of rotatable bonds is 5. The van der Waals surface area contributed by atoms with Crippen molar-refractivity contribution in [3.05, 3.63) is 71.8 Å². The summed E-state index contributed by atoms with van der Waals surface area (Å²) >= 11 is 0. The van der Waals surface area contributed by atoms with E-state index in [1.807, 2.05) is 29.2 Å². The van der Waals surface area contributed by atoms with E-state index in [1.165, 1.54) is 18.4 Å². The summed E-state index contributed by atoms with van der Waals surface area (Å²) in [6.45, 7) is 6.43. The molecule has 3 aromatic rings. The van der Waals surface area contributed by atoms with Crippen molar-refractivity contribution in [2.45, 2.75) is 19.3 Å². The summed E-state index contributed by atoms with van der Waals surface area (Å²) < 4.78 is 0. The lowest BCUT2D eigenvalue weighted by Crippen LogP contribution is -2.49. The number of anilines is 1. The first-order valence-electron chi connectivity index (χ1n) is 11.5. The van der Waals surface area contributed by atoms with E-state index in [0.717, 1.165) is 74.5 Å². The Morgan fingerprint density at radius 3 is 2.32 bits per heavy atom. The molecule has 0 radical (unpaired) electrons. The van der Waals surface area contributed by atoms with E-state index in [4.69, 9.17) is 4.98 Å². The number of hydrogen-bond acceptors (Lipinski definition) is 4. The van der Waals surface area contributed by atoms with E-state index in [2.05, 4.69) is 46.2 Å². The van der Waals surface area contributed by atoms with Gasteiger partial charge in [0.25, 0.3) is 5.91 Å². The number of nitrogens with zero attached hydrogens (tertiary/aromatic N) is 4. The third-order valence-electron chi connectivity index (χ3n) is 6.56. The summed E-state index contributed by atoms with van der Waals surface area (Å²) in [6.07, 6.45) is 3.40. The number of para-hydroxylation sites is 1. The molecule has 1 amide bonds. The van der Waals surface area contributed by atoms with Crippen LogP contribution in [0.3, 0.4) is 0 Å². The first-order chi connectivity index (χ1) is 15.3. The lowest BCUT2D eigenvalue weighted by Gasteiger charge is -2.35. The highest BCUT2D eigenvalue weighted by atomic mass is 16.2. The van der Waals surface area contributed by atoms with Gasteiger partial charge in [0.05, 0.1) is 11.1 Å². The maximum atomic E-state index is 13.5. The molecule has 0 saturated carbocycles. The van der Waals surface area contributed by atoms with Crippen LogP contribution < -0.4 is 4.90 Å². The molecule has 0 N–H and O–H groups in total. The highest BCUT2D eigenvalue weighted by Crippen LogP contribution is 2.28. The molecular formula is C26H30N4O. The Morgan fingerprint density at radius 1 is 0.839 bits per heavy atom. The number of amides is 1. The molecule has 0 bridgehead atoms. The molecule has 160 valence electrons. The van der Waals surface area contributed by atoms with Gasteiger partial charge in [0.15, 0.2) is 0 Å². The van der Waals surface area contributed by atoms with Crippen molar-refractivity contribution in [1.29, 1.82) is 0 Å². The fourth-order valence-electron chi connectivity index (χ4n) is 4.71. The lowest BCUT2D eigenvalue weighted by atomic mass is 10.1. The molecule has 2 aromatic carbocycles. The molecule has 0 unspecified atom stereocenters. The van der Waals surface area contributed by atoms with Crippen LogP contribution >= 0.6 is 0 Å². The second kappa shape index (κ2) is 9.06. The molecule has 2 aliphatic rings. The summed E-state index contributed by atoms with van der Waals surface area (Å²) in [6, 6.07) is 20.8. The maximum absolute atomic E-state index is 13.5. The second-order valence-electron chi connectivity index (χ2n) is 8.62. The Hall–Kier alpha value is -2.92. The van der Waals surface area contributed by atoms with Crippen molar-refractivity contribution < 1.29 is 4.79 Å². The number of benzene rings is 2. The van der Waals surface area contributed by atoms with E-state index < -0.39 is 0 Å². The largest absolute Gasteiger partial charge is 0.356 e. The predicted molar refractivity (Wildman–Crippen MR) is 126 cm³/mol. The SMILES string of the molecule is O=C(c1cc2ccccc2nc1N1CCCC1)N1CCN(CCc2ccccc2)CC1. The number of fused-ring (bicyclic) bond motifs is 1.